The highest BCUT2D eigenvalue weighted by atomic mass is 16.5. The minimum absolute atomic E-state index is 0.258. The fraction of sp³-hybridized carbons (Fsp3) is 0.292. The Kier molecular flexibility index (Phi) is 5.86. The van der Waals surface area contributed by atoms with Crippen LogP contribution in [-0.2, 0) is 4.74 Å². The number of benzene rings is 2. The molecule has 0 radical (unpaired) electrons. The normalized spacial score (nSPS) is 11.3. The number of carbonyl (C=O) groups excluding carboxylic acids is 1. The Balaban J connectivity index is 1.86. The van der Waals surface area contributed by atoms with Gasteiger partial charge in [0.25, 0.3) is 5.91 Å². The highest BCUT2D eigenvalue weighted by Crippen LogP contribution is 2.31. The molecule has 0 fully saturated rings. The second kappa shape index (κ2) is 8.73. The zero-order chi connectivity index (χ0) is 22.0. The molecule has 0 atom stereocenters. The van der Waals surface area contributed by atoms with Crippen molar-refractivity contribution in [3.8, 4) is 5.69 Å². The summed E-state index contributed by atoms with van der Waals surface area (Å²) in [6.07, 6.45) is 0.726. The highest BCUT2D eigenvalue weighted by Gasteiger charge is 2.24. The Hall–Kier alpha value is -3.45. The van der Waals surface area contributed by atoms with Crippen LogP contribution in [0.2, 0.25) is 0 Å². The number of aromatic nitrogens is 3. The van der Waals surface area contributed by atoms with Crippen molar-refractivity contribution < 1.29 is 9.53 Å². The van der Waals surface area contributed by atoms with Crippen molar-refractivity contribution in [2.45, 2.75) is 27.2 Å². The van der Waals surface area contributed by atoms with Gasteiger partial charge in [0.1, 0.15) is 16.9 Å². The van der Waals surface area contributed by atoms with Crippen LogP contribution in [0, 0.1) is 13.8 Å². The van der Waals surface area contributed by atoms with Crippen LogP contribution in [0.15, 0.2) is 42.5 Å². The van der Waals surface area contributed by atoms with E-state index in [4.69, 9.17) is 20.4 Å². The van der Waals surface area contributed by atoms with Crippen LogP contribution in [-0.4, -0.2) is 40.2 Å². The smallest absolute Gasteiger partial charge is 0.257 e. The molecule has 0 saturated carbocycles. The average Bonchev–Trinajstić information content (AvgIpc) is 3.01. The Labute approximate surface area is 181 Å². The van der Waals surface area contributed by atoms with E-state index in [9.17, 15) is 4.79 Å². The first-order chi connectivity index (χ1) is 15.0. The molecule has 2 heterocycles. The second-order valence-corrected chi connectivity index (χ2v) is 7.63. The maximum absolute atomic E-state index is 13.1. The first-order valence-corrected chi connectivity index (χ1v) is 10.5. The minimum Gasteiger partial charge on any atom is -0.384 e. The second-order valence-electron chi connectivity index (χ2n) is 7.63. The number of nitrogens with zero attached hydrogens (tertiary/aromatic N) is 3. The minimum atomic E-state index is -0.258. The molecule has 4 rings (SSSR count). The molecule has 2 aromatic heterocycles. The predicted octanol–water partition coefficient (Wildman–Crippen LogP) is 3.93. The number of para-hydroxylation sites is 2. The fourth-order valence-electron chi connectivity index (χ4n) is 3.84. The summed E-state index contributed by atoms with van der Waals surface area (Å²) in [7, 11) is 0. The lowest BCUT2D eigenvalue weighted by Gasteiger charge is -2.10. The Morgan fingerprint density at radius 2 is 1.77 bits per heavy atom. The van der Waals surface area contributed by atoms with Gasteiger partial charge < -0.3 is 15.8 Å². The van der Waals surface area contributed by atoms with E-state index in [1.165, 1.54) is 0 Å². The third-order valence-corrected chi connectivity index (χ3v) is 5.14. The molecule has 7 nitrogen and oxygen atoms in total. The largest absolute Gasteiger partial charge is 0.384 e. The van der Waals surface area contributed by atoms with Crippen LogP contribution in [0.25, 0.3) is 27.9 Å². The summed E-state index contributed by atoms with van der Waals surface area (Å²) in [5.74, 6) is 0.0734. The van der Waals surface area contributed by atoms with Crippen molar-refractivity contribution in [2.75, 3.05) is 25.5 Å². The Morgan fingerprint density at radius 1 is 1.10 bits per heavy atom. The molecule has 0 aliphatic carbocycles. The van der Waals surface area contributed by atoms with E-state index in [-0.39, 0.29) is 5.91 Å². The number of aryl methyl sites for hydroxylation is 2. The van der Waals surface area contributed by atoms with Crippen LogP contribution in [0.5, 0.6) is 0 Å². The number of rotatable bonds is 7. The number of hydrogen-bond acceptors (Lipinski definition) is 5. The summed E-state index contributed by atoms with van der Waals surface area (Å²) < 4.78 is 7.17. The van der Waals surface area contributed by atoms with E-state index in [0.717, 1.165) is 34.3 Å². The molecule has 0 aliphatic heterocycles. The molecule has 0 spiro atoms. The fourth-order valence-corrected chi connectivity index (χ4v) is 3.84. The van der Waals surface area contributed by atoms with Crippen molar-refractivity contribution >= 4 is 33.9 Å². The molecule has 2 aromatic carbocycles. The molecule has 4 aromatic rings. The number of nitrogen functional groups attached to an aromatic ring is 1. The maximum atomic E-state index is 13.1. The number of hydrogen-bond donors (Lipinski definition) is 2. The van der Waals surface area contributed by atoms with Crippen molar-refractivity contribution in [1.82, 2.24) is 19.9 Å². The SMILES string of the molecule is CCOCCCNC(=O)c1c(N)n(-c2cc(C)cc(C)c2)c2nc3ccccc3nc12. The van der Waals surface area contributed by atoms with E-state index in [1.807, 2.05) is 61.7 Å². The van der Waals surface area contributed by atoms with E-state index in [1.54, 1.807) is 0 Å². The van der Waals surface area contributed by atoms with Crippen molar-refractivity contribution in [3.63, 3.8) is 0 Å². The molecule has 1 amide bonds. The van der Waals surface area contributed by atoms with Gasteiger partial charge in [0.05, 0.1) is 11.0 Å². The highest BCUT2D eigenvalue weighted by molar-refractivity contribution is 6.11. The number of ether oxygens (including phenoxy) is 1. The molecule has 160 valence electrons. The van der Waals surface area contributed by atoms with Crippen LogP contribution in [0.1, 0.15) is 34.8 Å². The van der Waals surface area contributed by atoms with Gasteiger partial charge in [-0.15, -0.1) is 0 Å². The summed E-state index contributed by atoms with van der Waals surface area (Å²) >= 11 is 0. The molecule has 7 heteroatoms. The summed E-state index contributed by atoms with van der Waals surface area (Å²) in [5, 5.41) is 2.95. The number of carbonyl (C=O) groups is 1. The zero-order valence-electron chi connectivity index (χ0n) is 18.1. The van der Waals surface area contributed by atoms with Gasteiger partial charge >= 0.3 is 0 Å². The monoisotopic (exact) mass is 417 g/mol. The maximum Gasteiger partial charge on any atom is 0.257 e. The van der Waals surface area contributed by atoms with Crippen molar-refractivity contribution in [3.05, 3.63) is 59.2 Å². The first-order valence-electron chi connectivity index (χ1n) is 10.5. The third kappa shape index (κ3) is 4.09. The lowest BCUT2D eigenvalue weighted by atomic mass is 10.1. The van der Waals surface area contributed by atoms with Crippen LogP contribution in [0.3, 0.4) is 0 Å². The number of nitrogens with two attached hydrogens (primary N) is 1. The van der Waals surface area contributed by atoms with Gasteiger partial charge in [-0.1, -0.05) is 18.2 Å². The number of nitrogens with one attached hydrogen (secondary N) is 1. The zero-order valence-corrected chi connectivity index (χ0v) is 18.1. The number of fused-ring (bicyclic) bond motifs is 2. The van der Waals surface area contributed by atoms with Gasteiger partial charge in [0.15, 0.2) is 5.65 Å². The molecule has 0 unspecified atom stereocenters. The van der Waals surface area contributed by atoms with Gasteiger partial charge in [-0.05, 0) is 62.6 Å². The van der Waals surface area contributed by atoms with Crippen LogP contribution >= 0.6 is 0 Å². The van der Waals surface area contributed by atoms with E-state index >= 15 is 0 Å². The predicted molar refractivity (Wildman–Crippen MR) is 124 cm³/mol. The van der Waals surface area contributed by atoms with Crippen LogP contribution in [0.4, 0.5) is 5.82 Å². The number of amides is 1. The summed E-state index contributed by atoms with van der Waals surface area (Å²) in [4.78, 5) is 22.7. The third-order valence-electron chi connectivity index (χ3n) is 5.14. The molecule has 0 bridgehead atoms. The van der Waals surface area contributed by atoms with Crippen molar-refractivity contribution in [2.24, 2.45) is 0 Å². The van der Waals surface area contributed by atoms with Gasteiger partial charge in [-0.25, -0.2) is 9.97 Å². The first kappa shape index (κ1) is 20.8. The summed E-state index contributed by atoms with van der Waals surface area (Å²) in [6, 6.07) is 13.8. The topological polar surface area (TPSA) is 95.1 Å². The van der Waals surface area contributed by atoms with Crippen LogP contribution < -0.4 is 11.1 Å². The van der Waals surface area contributed by atoms with Gasteiger partial charge in [0.2, 0.25) is 0 Å². The standard InChI is InChI=1S/C24H27N5O2/c1-4-31-11-7-10-26-24(30)20-21-23(28-19-9-6-5-8-18(19)27-21)29(22(20)25)17-13-15(2)12-16(3)14-17/h5-6,8-9,12-14H,4,7,10-11,25H2,1-3H3,(H,26,30). The van der Waals surface area contributed by atoms with Gasteiger partial charge in [-0.2, -0.15) is 0 Å². The average molecular weight is 418 g/mol. The van der Waals surface area contributed by atoms with E-state index in [2.05, 4.69) is 11.4 Å². The van der Waals surface area contributed by atoms with E-state index in [0.29, 0.717) is 42.3 Å². The van der Waals surface area contributed by atoms with E-state index < -0.39 is 0 Å². The molecule has 3 N–H and O–H groups in total. The quantitative estimate of drug-likeness (QED) is 0.444. The number of anilines is 1. The Morgan fingerprint density at radius 3 is 2.45 bits per heavy atom. The molecule has 0 saturated heterocycles. The summed E-state index contributed by atoms with van der Waals surface area (Å²) in [5.41, 5.74) is 12.5. The molecule has 0 aliphatic rings. The molecule has 31 heavy (non-hydrogen) atoms. The van der Waals surface area contributed by atoms with Gasteiger partial charge in [0, 0.05) is 25.4 Å². The Bertz CT molecular complexity index is 1240. The van der Waals surface area contributed by atoms with Crippen molar-refractivity contribution in [1.29, 1.82) is 0 Å². The lowest BCUT2D eigenvalue weighted by Crippen LogP contribution is -2.26. The summed E-state index contributed by atoms with van der Waals surface area (Å²) in [6.45, 7) is 7.77. The molecular formula is C24H27N5O2. The van der Waals surface area contributed by atoms with Gasteiger partial charge in [-0.3, -0.25) is 9.36 Å². The molecular weight excluding hydrogens is 390 g/mol. The lowest BCUT2D eigenvalue weighted by molar-refractivity contribution is 0.0946.